The van der Waals surface area contributed by atoms with Crippen molar-refractivity contribution in [1.29, 1.82) is 0 Å². The molecule has 1 aromatic carbocycles. The molecule has 21 heavy (non-hydrogen) atoms. The third-order valence-electron chi connectivity index (χ3n) is 3.50. The summed E-state index contributed by atoms with van der Waals surface area (Å²) in [7, 11) is 0. The number of fused-ring (bicyclic) bond motifs is 1. The molecule has 4 rings (SSSR count). The molecule has 0 bridgehead atoms. The molecule has 0 spiro atoms. The van der Waals surface area contributed by atoms with Crippen LogP contribution in [-0.4, -0.2) is 15.5 Å². The fourth-order valence-corrected chi connectivity index (χ4v) is 3.67. The lowest BCUT2D eigenvalue weighted by atomic mass is 10.3. The molecule has 1 saturated carbocycles. The first-order valence-corrected chi connectivity index (χ1v) is 8.36. The molecule has 0 unspecified atom stereocenters. The minimum absolute atomic E-state index is 0.105. The number of hydrogen-bond acceptors (Lipinski definition) is 3. The molecule has 0 saturated heterocycles. The Bertz CT molecular complexity index is 801. The van der Waals surface area contributed by atoms with Crippen LogP contribution in [-0.2, 0) is 0 Å². The van der Waals surface area contributed by atoms with Gasteiger partial charge in [-0.15, -0.1) is 0 Å². The zero-order chi connectivity index (χ0) is 14.4. The molecule has 1 fully saturated rings. The predicted octanol–water partition coefficient (Wildman–Crippen LogP) is 4.45. The maximum absolute atomic E-state index is 12.5. The summed E-state index contributed by atoms with van der Waals surface area (Å²) >= 11 is 4.94. The van der Waals surface area contributed by atoms with Crippen molar-refractivity contribution in [3.8, 4) is 0 Å². The number of thiazole rings is 1. The quantitative estimate of drug-likeness (QED) is 0.748. The van der Waals surface area contributed by atoms with Crippen molar-refractivity contribution in [1.82, 2.24) is 9.55 Å². The molecule has 1 amide bonds. The number of benzene rings is 1. The summed E-state index contributed by atoms with van der Waals surface area (Å²) in [6.45, 7) is 0. The SMILES string of the molecule is O=C(Nc1nc2ccccc2s1)c1cc(Br)cn1C1CC1. The Morgan fingerprint density at radius 3 is 2.95 bits per heavy atom. The molecule has 2 heterocycles. The molecule has 1 aliphatic rings. The molecule has 6 heteroatoms. The summed E-state index contributed by atoms with van der Waals surface area (Å²) in [6, 6.07) is 10.2. The van der Waals surface area contributed by atoms with Crippen LogP contribution >= 0.6 is 27.3 Å². The van der Waals surface area contributed by atoms with Gasteiger partial charge in [-0.1, -0.05) is 23.5 Å². The second-order valence-electron chi connectivity index (χ2n) is 5.12. The van der Waals surface area contributed by atoms with Gasteiger partial charge in [-0.05, 0) is 47.0 Å². The minimum atomic E-state index is -0.105. The van der Waals surface area contributed by atoms with Crippen molar-refractivity contribution in [2.45, 2.75) is 18.9 Å². The summed E-state index contributed by atoms with van der Waals surface area (Å²) in [5.41, 5.74) is 1.60. The van der Waals surface area contributed by atoms with E-state index in [1.807, 2.05) is 41.1 Å². The van der Waals surface area contributed by atoms with Crippen molar-refractivity contribution in [3.05, 3.63) is 46.7 Å². The van der Waals surface area contributed by atoms with Gasteiger partial charge in [0.1, 0.15) is 5.69 Å². The average Bonchev–Trinajstić information content (AvgIpc) is 3.11. The van der Waals surface area contributed by atoms with Crippen LogP contribution in [0.3, 0.4) is 0 Å². The Morgan fingerprint density at radius 1 is 1.38 bits per heavy atom. The van der Waals surface area contributed by atoms with Crippen LogP contribution in [0.15, 0.2) is 41.0 Å². The van der Waals surface area contributed by atoms with Crippen LogP contribution in [0.25, 0.3) is 10.2 Å². The number of para-hydroxylation sites is 1. The predicted molar refractivity (Wildman–Crippen MR) is 88.0 cm³/mol. The van der Waals surface area contributed by atoms with Gasteiger partial charge in [0.2, 0.25) is 0 Å². The van der Waals surface area contributed by atoms with Crippen molar-refractivity contribution >= 4 is 48.5 Å². The van der Waals surface area contributed by atoms with Gasteiger partial charge in [-0.2, -0.15) is 0 Å². The Morgan fingerprint density at radius 2 is 2.19 bits per heavy atom. The smallest absolute Gasteiger partial charge is 0.274 e. The standard InChI is InChI=1S/C15H12BrN3OS/c16-9-7-12(19(8-9)10-5-6-10)14(20)18-15-17-11-3-1-2-4-13(11)21-15/h1-4,7-8,10H,5-6H2,(H,17,18,20). The molecular weight excluding hydrogens is 350 g/mol. The van der Waals surface area contributed by atoms with E-state index >= 15 is 0 Å². The molecule has 0 atom stereocenters. The van der Waals surface area contributed by atoms with Crippen molar-refractivity contribution in [2.24, 2.45) is 0 Å². The van der Waals surface area contributed by atoms with Crippen LogP contribution in [0.4, 0.5) is 5.13 Å². The van der Waals surface area contributed by atoms with Crippen molar-refractivity contribution in [3.63, 3.8) is 0 Å². The molecule has 2 aromatic heterocycles. The highest BCUT2D eigenvalue weighted by Gasteiger charge is 2.28. The summed E-state index contributed by atoms with van der Waals surface area (Å²) in [5.74, 6) is -0.105. The van der Waals surface area contributed by atoms with Gasteiger partial charge in [0.05, 0.1) is 10.2 Å². The van der Waals surface area contributed by atoms with E-state index in [0.29, 0.717) is 16.9 Å². The number of rotatable bonds is 3. The van der Waals surface area contributed by atoms with Crippen LogP contribution in [0.2, 0.25) is 0 Å². The van der Waals surface area contributed by atoms with Crippen molar-refractivity contribution < 1.29 is 4.79 Å². The average molecular weight is 362 g/mol. The normalized spacial score (nSPS) is 14.5. The number of anilines is 1. The first-order chi connectivity index (χ1) is 10.2. The molecule has 1 aliphatic carbocycles. The maximum atomic E-state index is 12.5. The van der Waals surface area contributed by atoms with E-state index in [1.54, 1.807) is 0 Å². The van der Waals surface area contributed by atoms with Gasteiger partial charge < -0.3 is 4.57 Å². The third kappa shape index (κ3) is 2.49. The van der Waals surface area contributed by atoms with Crippen LogP contribution in [0, 0.1) is 0 Å². The second kappa shape index (κ2) is 4.96. The zero-order valence-electron chi connectivity index (χ0n) is 11.0. The molecule has 0 radical (unpaired) electrons. The molecular formula is C15H12BrN3OS. The van der Waals surface area contributed by atoms with Crippen LogP contribution < -0.4 is 5.32 Å². The Labute approximate surface area is 133 Å². The number of carbonyl (C=O) groups is 1. The molecule has 106 valence electrons. The largest absolute Gasteiger partial charge is 0.339 e. The van der Waals surface area contributed by atoms with E-state index in [9.17, 15) is 4.79 Å². The van der Waals surface area contributed by atoms with Gasteiger partial charge in [0.15, 0.2) is 5.13 Å². The number of amides is 1. The van der Waals surface area contributed by atoms with Gasteiger partial charge in [0, 0.05) is 16.7 Å². The number of aromatic nitrogens is 2. The fourth-order valence-electron chi connectivity index (χ4n) is 2.37. The highest BCUT2D eigenvalue weighted by Crippen LogP contribution is 2.37. The lowest BCUT2D eigenvalue weighted by Crippen LogP contribution is -2.16. The first kappa shape index (κ1) is 13.0. The van der Waals surface area contributed by atoms with E-state index in [2.05, 4.69) is 26.2 Å². The van der Waals surface area contributed by atoms with Crippen molar-refractivity contribution in [2.75, 3.05) is 5.32 Å². The van der Waals surface area contributed by atoms with Gasteiger partial charge >= 0.3 is 0 Å². The number of hydrogen-bond donors (Lipinski definition) is 1. The maximum Gasteiger partial charge on any atom is 0.274 e. The molecule has 0 aliphatic heterocycles. The Hall–Kier alpha value is -1.66. The topological polar surface area (TPSA) is 46.9 Å². The molecule has 4 nitrogen and oxygen atoms in total. The lowest BCUT2D eigenvalue weighted by molar-refractivity contribution is 0.101. The Kier molecular flexibility index (Phi) is 3.08. The molecule has 1 N–H and O–H groups in total. The number of halogens is 1. The highest BCUT2D eigenvalue weighted by atomic mass is 79.9. The first-order valence-electron chi connectivity index (χ1n) is 6.75. The van der Waals surface area contributed by atoms with E-state index in [1.165, 1.54) is 11.3 Å². The molecule has 3 aromatic rings. The van der Waals surface area contributed by atoms with Crippen LogP contribution in [0.1, 0.15) is 29.4 Å². The van der Waals surface area contributed by atoms with Gasteiger partial charge in [-0.3, -0.25) is 10.1 Å². The van der Waals surface area contributed by atoms with Gasteiger partial charge in [0.25, 0.3) is 5.91 Å². The van der Waals surface area contributed by atoms with Gasteiger partial charge in [-0.25, -0.2) is 4.98 Å². The monoisotopic (exact) mass is 361 g/mol. The summed E-state index contributed by atoms with van der Waals surface area (Å²) < 4.78 is 4.06. The van der Waals surface area contributed by atoms with Crippen LogP contribution in [0.5, 0.6) is 0 Å². The summed E-state index contributed by atoms with van der Waals surface area (Å²) in [5, 5.41) is 3.55. The summed E-state index contributed by atoms with van der Waals surface area (Å²) in [6.07, 6.45) is 4.26. The Balaban J connectivity index is 1.63. The minimum Gasteiger partial charge on any atom is -0.339 e. The van der Waals surface area contributed by atoms with E-state index in [0.717, 1.165) is 27.5 Å². The number of nitrogens with one attached hydrogen (secondary N) is 1. The van der Waals surface area contributed by atoms with E-state index in [-0.39, 0.29) is 5.91 Å². The highest BCUT2D eigenvalue weighted by molar-refractivity contribution is 9.10. The number of carbonyl (C=O) groups excluding carboxylic acids is 1. The second-order valence-corrected chi connectivity index (χ2v) is 7.07. The number of nitrogens with zero attached hydrogens (tertiary/aromatic N) is 2. The van der Waals surface area contributed by atoms with E-state index in [4.69, 9.17) is 0 Å². The summed E-state index contributed by atoms with van der Waals surface area (Å²) in [4.78, 5) is 16.9. The van der Waals surface area contributed by atoms with E-state index < -0.39 is 0 Å². The fraction of sp³-hybridized carbons (Fsp3) is 0.200. The third-order valence-corrected chi connectivity index (χ3v) is 4.89. The lowest BCUT2D eigenvalue weighted by Gasteiger charge is -2.06. The zero-order valence-corrected chi connectivity index (χ0v) is 13.4.